The Hall–Kier alpha value is -1.18. The Labute approximate surface area is 100 Å². The van der Waals surface area contributed by atoms with Crippen molar-refractivity contribution in [2.24, 2.45) is 0 Å². The first kappa shape index (κ1) is 14.9. The average Bonchev–Trinajstić information content (AvgIpc) is 2.26. The second-order valence-corrected chi connectivity index (χ2v) is 3.80. The fourth-order valence-electron chi connectivity index (χ4n) is 1.46. The summed E-state index contributed by atoms with van der Waals surface area (Å²) < 4.78 is 50.3. The molecule has 0 aliphatic rings. The Morgan fingerprint density at radius 1 is 1.11 bits per heavy atom. The van der Waals surface area contributed by atoms with Crippen LogP contribution >= 0.6 is 0 Å². The zero-order valence-corrected chi connectivity index (χ0v) is 9.15. The molecule has 18 heavy (non-hydrogen) atoms. The van der Waals surface area contributed by atoms with Crippen LogP contribution in [0.5, 0.6) is 0 Å². The first-order chi connectivity index (χ1) is 8.25. The summed E-state index contributed by atoms with van der Waals surface area (Å²) in [6.45, 7) is -0.445. The molecule has 7 heteroatoms. The second kappa shape index (κ2) is 5.64. The van der Waals surface area contributed by atoms with Gasteiger partial charge < -0.3 is 15.3 Å². The molecule has 1 rings (SSSR count). The molecule has 0 spiro atoms. The normalized spacial score (nSPS) is 15.5. The van der Waals surface area contributed by atoms with E-state index in [1.165, 1.54) is 0 Å². The van der Waals surface area contributed by atoms with E-state index in [0.717, 1.165) is 0 Å². The quantitative estimate of drug-likeness (QED) is 0.727. The van der Waals surface area contributed by atoms with Gasteiger partial charge in [-0.25, -0.2) is 4.39 Å². The van der Waals surface area contributed by atoms with Gasteiger partial charge in [0.25, 0.3) is 0 Å². The van der Waals surface area contributed by atoms with Crippen molar-refractivity contribution < 1.29 is 32.9 Å². The third kappa shape index (κ3) is 3.66. The van der Waals surface area contributed by atoms with E-state index in [-0.39, 0.29) is 12.0 Å². The van der Waals surface area contributed by atoms with Crippen molar-refractivity contribution in [2.45, 2.75) is 24.8 Å². The van der Waals surface area contributed by atoms with Crippen molar-refractivity contribution >= 4 is 0 Å². The molecule has 0 aliphatic heterocycles. The number of hydrogen-bond acceptors (Lipinski definition) is 3. The molecule has 0 radical (unpaired) electrons. The minimum absolute atomic E-state index is 0.223. The lowest BCUT2D eigenvalue weighted by Crippen LogP contribution is -2.20. The molecule has 2 unspecified atom stereocenters. The molecule has 1 aromatic rings. The van der Waals surface area contributed by atoms with Gasteiger partial charge in [0.2, 0.25) is 0 Å². The summed E-state index contributed by atoms with van der Waals surface area (Å²) in [5.41, 5.74) is -1.63. The van der Waals surface area contributed by atoms with Crippen LogP contribution in [0.1, 0.15) is 23.7 Å². The van der Waals surface area contributed by atoms with E-state index in [1.807, 2.05) is 0 Å². The fourth-order valence-corrected chi connectivity index (χ4v) is 1.46. The highest BCUT2D eigenvalue weighted by Gasteiger charge is 2.32. The summed E-state index contributed by atoms with van der Waals surface area (Å²) in [5.74, 6) is -1.16. The van der Waals surface area contributed by atoms with Crippen molar-refractivity contribution in [3.63, 3.8) is 0 Å². The highest BCUT2D eigenvalue weighted by molar-refractivity contribution is 5.28. The van der Waals surface area contributed by atoms with E-state index in [4.69, 9.17) is 5.11 Å². The zero-order chi connectivity index (χ0) is 13.9. The predicted octanol–water partition coefficient (Wildman–Crippen LogP) is 1.62. The van der Waals surface area contributed by atoms with Crippen LogP contribution < -0.4 is 0 Å². The van der Waals surface area contributed by atoms with Crippen LogP contribution in [0.2, 0.25) is 0 Å². The summed E-state index contributed by atoms with van der Waals surface area (Å²) in [7, 11) is 0. The summed E-state index contributed by atoms with van der Waals surface area (Å²) in [4.78, 5) is 0. The minimum Gasteiger partial charge on any atom is -0.396 e. The summed E-state index contributed by atoms with van der Waals surface area (Å²) in [5, 5.41) is 27.4. The highest BCUT2D eigenvalue weighted by Crippen LogP contribution is 2.32. The smallest absolute Gasteiger partial charge is 0.396 e. The van der Waals surface area contributed by atoms with Gasteiger partial charge in [0.05, 0.1) is 11.7 Å². The first-order valence-electron chi connectivity index (χ1n) is 5.10. The molecule has 102 valence electrons. The maximum atomic E-state index is 13.0. The maximum Gasteiger partial charge on any atom is 0.416 e. The number of benzene rings is 1. The molecule has 0 aromatic heterocycles. The molecule has 0 saturated heterocycles. The van der Waals surface area contributed by atoms with Crippen LogP contribution in [0.4, 0.5) is 17.6 Å². The predicted molar refractivity (Wildman–Crippen MR) is 54.1 cm³/mol. The lowest BCUT2D eigenvalue weighted by molar-refractivity contribution is -0.138. The van der Waals surface area contributed by atoms with Gasteiger partial charge in [-0.3, -0.25) is 0 Å². The summed E-state index contributed by atoms with van der Waals surface area (Å²) in [6.07, 6.45) is -8.11. The van der Waals surface area contributed by atoms with Crippen molar-refractivity contribution in [3.8, 4) is 0 Å². The monoisotopic (exact) mass is 268 g/mol. The van der Waals surface area contributed by atoms with Crippen LogP contribution in [0.15, 0.2) is 18.2 Å². The molecule has 0 aliphatic carbocycles. The van der Waals surface area contributed by atoms with Gasteiger partial charge in [0.1, 0.15) is 11.9 Å². The van der Waals surface area contributed by atoms with E-state index in [0.29, 0.717) is 18.2 Å². The van der Waals surface area contributed by atoms with Gasteiger partial charge in [0.15, 0.2) is 0 Å². The zero-order valence-electron chi connectivity index (χ0n) is 9.15. The lowest BCUT2D eigenvalue weighted by Gasteiger charge is -2.18. The number of rotatable bonds is 4. The van der Waals surface area contributed by atoms with Crippen LogP contribution in [0, 0.1) is 5.82 Å². The van der Waals surface area contributed by atoms with E-state index in [2.05, 4.69) is 0 Å². The summed E-state index contributed by atoms with van der Waals surface area (Å²) >= 11 is 0. The second-order valence-electron chi connectivity index (χ2n) is 3.80. The highest BCUT2D eigenvalue weighted by atomic mass is 19.4. The molecule has 3 N–H and O–H groups in total. The molecule has 0 heterocycles. The molecular formula is C11H12F4O3. The van der Waals surface area contributed by atoms with Gasteiger partial charge in [-0.05, 0) is 30.2 Å². The molecule has 3 nitrogen and oxygen atoms in total. The van der Waals surface area contributed by atoms with E-state index < -0.39 is 36.4 Å². The molecule has 1 aromatic carbocycles. The fraction of sp³-hybridized carbons (Fsp3) is 0.455. The van der Waals surface area contributed by atoms with Crippen molar-refractivity contribution in [3.05, 3.63) is 35.1 Å². The van der Waals surface area contributed by atoms with Gasteiger partial charge in [-0.2, -0.15) is 13.2 Å². The van der Waals surface area contributed by atoms with Crippen molar-refractivity contribution in [2.75, 3.05) is 6.61 Å². The van der Waals surface area contributed by atoms with Gasteiger partial charge >= 0.3 is 6.18 Å². The molecule has 0 amide bonds. The van der Waals surface area contributed by atoms with Crippen LogP contribution in [-0.2, 0) is 6.18 Å². The molecule has 0 fully saturated rings. The SMILES string of the molecule is OCCC(O)C(O)c1cc(F)cc(C(F)(F)F)c1. The minimum atomic E-state index is -4.74. The Bertz CT molecular complexity index is 406. The van der Waals surface area contributed by atoms with Crippen molar-refractivity contribution in [1.29, 1.82) is 0 Å². The van der Waals surface area contributed by atoms with Gasteiger partial charge in [-0.15, -0.1) is 0 Å². The third-order valence-corrected chi connectivity index (χ3v) is 2.38. The number of hydrogen-bond donors (Lipinski definition) is 3. The van der Waals surface area contributed by atoms with Crippen molar-refractivity contribution in [1.82, 2.24) is 0 Å². The van der Waals surface area contributed by atoms with Crippen LogP contribution in [0.3, 0.4) is 0 Å². The molecule has 2 atom stereocenters. The van der Waals surface area contributed by atoms with Gasteiger partial charge in [0, 0.05) is 6.61 Å². The first-order valence-corrected chi connectivity index (χ1v) is 5.10. The Balaban J connectivity index is 3.06. The molecule has 0 saturated carbocycles. The van der Waals surface area contributed by atoms with E-state index in [1.54, 1.807) is 0 Å². The molecule has 0 bridgehead atoms. The Morgan fingerprint density at radius 3 is 2.22 bits per heavy atom. The molecular weight excluding hydrogens is 256 g/mol. The van der Waals surface area contributed by atoms with E-state index >= 15 is 0 Å². The van der Waals surface area contributed by atoms with Crippen LogP contribution in [0.25, 0.3) is 0 Å². The Morgan fingerprint density at radius 2 is 1.72 bits per heavy atom. The number of halogens is 4. The van der Waals surface area contributed by atoms with Gasteiger partial charge in [-0.1, -0.05) is 0 Å². The number of aliphatic hydroxyl groups is 3. The lowest BCUT2D eigenvalue weighted by atomic mass is 10.00. The van der Waals surface area contributed by atoms with Crippen LogP contribution in [-0.4, -0.2) is 28.0 Å². The number of alkyl halides is 3. The average molecular weight is 268 g/mol. The summed E-state index contributed by atoms with van der Waals surface area (Å²) in [6, 6.07) is 1.57. The third-order valence-electron chi connectivity index (χ3n) is 2.38. The Kier molecular flexibility index (Phi) is 4.66. The largest absolute Gasteiger partial charge is 0.416 e. The maximum absolute atomic E-state index is 13.0. The number of aliphatic hydroxyl groups excluding tert-OH is 3. The van der Waals surface area contributed by atoms with E-state index in [9.17, 15) is 27.8 Å². The standard InChI is InChI=1S/C11H12F4O3/c12-8-4-6(10(18)9(17)1-2-16)3-7(5-8)11(13,14)15/h3-5,9-10,16-18H,1-2H2. The topological polar surface area (TPSA) is 60.7 Å².